The van der Waals surface area contributed by atoms with Gasteiger partial charge in [0.25, 0.3) is 0 Å². The average molecular weight is 533 g/mol. The molecule has 37 heavy (non-hydrogen) atoms. The number of hydrogen-bond donors (Lipinski definition) is 0. The van der Waals surface area contributed by atoms with Gasteiger partial charge in [0.15, 0.2) is 5.82 Å². The second-order valence-electron chi connectivity index (χ2n) is 11.1. The van der Waals surface area contributed by atoms with Gasteiger partial charge in [0.1, 0.15) is 0 Å². The fourth-order valence-corrected chi connectivity index (χ4v) is 7.07. The van der Waals surface area contributed by atoms with Crippen LogP contribution < -0.4 is 4.90 Å². The molecule has 0 radical (unpaired) electrons. The van der Waals surface area contributed by atoms with Crippen LogP contribution >= 0.6 is 0 Å². The van der Waals surface area contributed by atoms with Gasteiger partial charge >= 0.3 is 6.18 Å². The van der Waals surface area contributed by atoms with Crippen molar-refractivity contribution in [3.05, 3.63) is 17.8 Å². The van der Waals surface area contributed by atoms with E-state index in [4.69, 9.17) is 9.47 Å². The Morgan fingerprint density at radius 3 is 2.76 bits per heavy atom. The maximum atomic E-state index is 13.8. The smallest absolute Gasteiger partial charge is 0.379 e. The lowest BCUT2D eigenvalue weighted by atomic mass is 9.78. The first-order valence-electron chi connectivity index (χ1n) is 13.0. The van der Waals surface area contributed by atoms with E-state index < -0.39 is 30.0 Å². The summed E-state index contributed by atoms with van der Waals surface area (Å²) in [5, 5.41) is 7.40. The van der Waals surface area contributed by atoms with Gasteiger partial charge in [0.2, 0.25) is 12.3 Å². The van der Waals surface area contributed by atoms with Crippen molar-refractivity contribution in [1.82, 2.24) is 15.1 Å². The summed E-state index contributed by atoms with van der Waals surface area (Å²) in [6.45, 7) is 1.79. The molecule has 3 saturated heterocycles. The van der Waals surface area contributed by atoms with Crippen LogP contribution in [0.15, 0.2) is 12.3 Å². The Bertz CT molecular complexity index is 982. The van der Waals surface area contributed by atoms with Crippen molar-refractivity contribution in [1.29, 1.82) is 0 Å². The van der Waals surface area contributed by atoms with Crippen molar-refractivity contribution in [3.63, 3.8) is 0 Å². The van der Waals surface area contributed by atoms with E-state index in [1.807, 2.05) is 0 Å². The first-order valence-corrected chi connectivity index (χ1v) is 13.0. The number of halogens is 5. The lowest BCUT2D eigenvalue weighted by molar-refractivity contribution is -0.146. The van der Waals surface area contributed by atoms with E-state index in [0.29, 0.717) is 51.8 Å². The Morgan fingerprint density at radius 2 is 2.08 bits per heavy atom. The number of hydrogen-bond acceptors (Lipinski definition) is 6. The van der Waals surface area contributed by atoms with Crippen molar-refractivity contribution < 1.29 is 36.2 Å². The number of ether oxygens (including phenoxy) is 2. The Balaban J connectivity index is 1.27. The normalized spacial score (nSPS) is 34.1. The molecule has 1 aliphatic carbocycles. The molecule has 1 aromatic heterocycles. The largest absolute Gasteiger partial charge is 0.418 e. The van der Waals surface area contributed by atoms with Crippen LogP contribution in [0.4, 0.5) is 27.8 Å². The lowest BCUT2D eigenvalue weighted by Gasteiger charge is -2.40. The van der Waals surface area contributed by atoms with Crippen LogP contribution in [0.25, 0.3) is 0 Å². The molecule has 5 rings (SSSR count). The molecule has 4 heterocycles. The number of anilines is 1. The number of nitrogens with zero attached hydrogens (tertiary/aromatic N) is 4. The lowest BCUT2D eigenvalue weighted by Crippen LogP contribution is -2.53. The van der Waals surface area contributed by atoms with Gasteiger partial charge in [0.05, 0.1) is 42.0 Å². The van der Waals surface area contributed by atoms with Crippen LogP contribution in [0.2, 0.25) is 0 Å². The number of likely N-dealkylation sites (tertiary alicyclic amines) is 1. The van der Waals surface area contributed by atoms with E-state index >= 15 is 0 Å². The summed E-state index contributed by atoms with van der Waals surface area (Å²) >= 11 is 0. The number of amides is 1. The summed E-state index contributed by atoms with van der Waals surface area (Å²) in [7, 11) is 1.66. The molecule has 0 spiro atoms. The van der Waals surface area contributed by atoms with Gasteiger partial charge in [-0.05, 0) is 56.4 Å². The Hall–Kier alpha value is -2.08. The van der Waals surface area contributed by atoms with Gasteiger partial charge in [-0.1, -0.05) is 0 Å². The minimum Gasteiger partial charge on any atom is -0.379 e. The molecule has 7 nitrogen and oxygen atoms in total. The van der Waals surface area contributed by atoms with E-state index in [1.165, 1.54) is 0 Å². The quantitative estimate of drug-likeness (QED) is 0.492. The maximum absolute atomic E-state index is 13.8. The van der Waals surface area contributed by atoms with Crippen molar-refractivity contribution in [2.75, 3.05) is 38.3 Å². The topological polar surface area (TPSA) is 67.8 Å². The summed E-state index contributed by atoms with van der Waals surface area (Å²) in [5.74, 6) is 0.348. The minimum atomic E-state index is -4.53. The minimum absolute atomic E-state index is 0.0196. The number of alkyl halides is 5. The maximum Gasteiger partial charge on any atom is 0.418 e. The highest BCUT2D eigenvalue weighted by Crippen LogP contribution is 2.51. The molecule has 12 heteroatoms. The number of aromatic nitrogens is 2. The Kier molecular flexibility index (Phi) is 7.34. The SMILES string of the molecule is CO[C@@H]1COCC[C@@H]1C[C@@H]1CC[C@](CC(F)F)(C(=O)N2C[C@H]3C[C@@H]2CN3c2cc(C(F)(F)F)cnn2)C1. The second kappa shape index (κ2) is 10.2. The van der Waals surface area contributed by atoms with Crippen LogP contribution in [0.3, 0.4) is 0 Å². The highest BCUT2D eigenvalue weighted by atomic mass is 19.4. The summed E-state index contributed by atoms with van der Waals surface area (Å²) in [5.41, 5.74) is -1.97. The van der Waals surface area contributed by atoms with Gasteiger partial charge in [-0.25, -0.2) is 8.78 Å². The van der Waals surface area contributed by atoms with Crippen LogP contribution in [0.5, 0.6) is 0 Å². The number of carbonyl (C=O) groups is 1. The number of piperazine rings is 1. The van der Waals surface area contributed by atoms with Crippen molar-refractivity contribution in [2.45, 2.75) is 75.7 Å². The number of carbonyl (C=O) groups excluding carboxylic acids is 1. The predicted molar refractivity (Wildman–Crippen MR) is 123 cm³/mol. The van der Waals surface area contributed by atoms with Gasteiger partial charge in [0, 0.05) is 33.2 Å². The third-order valence-corrected chi connectivity index (χ3v) is 8.85. The van der Waals surface area contributed by atoms with Crippen molar-refractivity contribution >= 4 is 11.7 Å². The summed E-state index contributed by atoms with van der Waals surface area (Å²) in [6, 6.07) is 0.525. The molecule has 1 aromatic rings. The highest BCUT2D eigenvalue weighted by Gasteiger charge is 2.54. The molecule has 4 aliphatic rings. The third-order valence-electron chi connectivity index (χ3n) is 8.85. The molecule has 0 aromatic carbocycles. The highest BCUT2D eigenvalue weighted by molar-refractivity contribution is 5.84. The Morgan fingerprint density at radius 1 is 1.27 bits per heavy atom. The molecule has 3 aliphatic heterocycles. The zero-order valence-corrected chi connectivity index (χ0v) is 20.8. The van der Waals surface area contributed by atoms with E-state index in [9.17, 15) is 26.7 Å². The monoisotopic (exact) mass is 532 g/mol. The molecule has 4 fully saturated rings. The first kappa shape index (κ1) is 26.5. The summed E-state index contributed by atoms with van der Waals surface area (Å²) in [4.78, 5) is 17.3. The third kappa shape index (κ3) is 5.28. The van der Waals surface area contributed by atoms with Crippen LogP contribution in [-0.4, -0.2) is 79.0 Å². The van der Waals surface area contributed by atoms with Crippen LogP contribution in [0, 0.1) is 17.3 Å². The zero-order chi connectivity index (χ0) is 26.4. The van der Waals surface area contributed by atoms with Gasteiger partial charge in [-0.3, -0.25) is 4.79 Å². The number of rotatable bonds is 7. The molecule has 2 bridgehead atoms. The zero-order valence-electron chi connectivity index (χ0n) is 20.8. The molecule has 0 N–H and O–H groups in total. The van der Waals surface area contributed by atoms with Crippen LogP contribution in [-0.2, 0) is 20.4 Å². The molecular weight excluding hydrogens is 499 g/mol. The summed E-state index contributed by atoms with van der Waals surface area (Å²) < 4.78 is 78.0. The van der Waals surface area contributed by atoms with E-state index in [2.05, 4.69) is 10.2 Å². The molecule has 1 amide bonds. The van der Waals surface area contributed by atoms with E-state index in [1.54, 1.807) is 16.9 Å². The van der Waals surface area contributed by atoms with E-state index in [-0.39, 0.29) is 41.7 Å². The van der Waals surface area contributed by atoms with E-state index in [0.717, 1.165) is 25.3 Å². The molecule has 206 valence electrons. The fraction of sp³-hybridized carbons (Fsp3) is 0.800. The van der Waals surface area contributed by atoms with Gasteiger partial charge < -0.3 is 19.3 Å². The van der Waals surface area contributed by atoms with Crippen LogP contribution in [0.1, 0.15) is 50.5 Å². The molecular formula is C25H33F5N4O3. The Labute approximate surface area is 212 Å². The second-order valence-corrected chi connectivity index (χ2v) is 11.1. The van der Waals surface area contributed by atoms with Crippen molar-refractivity contribution in [3.8, 4) is 0 Å². The average Bonchev–Trinajstić information content (AvgIpc) is 3.58. The molecule has 6 atom stereocenters. The molecule has 0 unspecified atom stereocenters. The molecule has 1 saturated carbocycles. The fourth-order valence-electron chi connectivity index (χ4n) is 7.07. The summed E-state index contributed by atoms with van der Waals surface area (Å²) in [6.07, 6.45) is -3.06. The number of fused-ring (bicyclic) bond motifs is 2. The van der Waals surface area contributed by atoms with Crippen molar-refractivity contribution in [2.24, 2.45) is 17.3 Å². The standard InChI is InChI=1S/C25H33F5N4O3/c1-36-20-14-37-5-3-16(20)6-15-2-4-24(9-15,10-21(26)27)23(35)34-13-18-8-19(34)12-33(18)22-7-17(11-31-32-22)25(28,29)30/h7,11,15-16,18-21H,2-6,8-10,12-14H2,1H3/t15-,16+,18+,19+,20+,24-/m0/s1. The number of methoxy groups -OCH3 is 1. The van der Waals surface area contributed by atoms with Gasteiger partial charge in [-0.2, -0.15) is 18.3 Å². The first-order chi connectivity index (χ1) is 17.6. The van der Waals surface area contributed by atoms with Gasteiger partial charge in [-0.15, -0.1) is 5.10 Å². The predicted octanol–water partition coefficient (Wildman–Crippen LogP) is 4.17.